The van der Waals surface area contributed by atoms with Crippen molar-refractivity contribution in [1.82, 2.24) is 15.2 Å². The average molecular weight is 318 g/mol. The molecule has 0 bridgehead atoms. The van der Waals surface area contributed by atoms with E-state index in [0.717, 1.165) is 12.8 Å². The third-order valence-corrected chi connectivity index (χ3v) is 4.15. The summed E-state index contributed by atoms with van der Waals surface area (Å²) in [6, 6.07) is 4.53. The third-order valence-electron chi connectivity index (χ3n) is 4.15. The summed E-state index contributed by atoms with van der Waals surface area (Å²) in [5.74, 6) is -0.316. The van der Waals surface area contributed by atoms with Crippen molar-refractivity contribution in [3.05, 3.63) is 30.3 Å². The molecule has 0 aliphatic heterocycles. The van der Waals surface area contributed by atoms with E-state index in [2.05, 4.69) is 20.5 Å². The van der Waals surface area contributed by atoms with Gasteiger partial charge in [-0.3, -0.25) is 9.89 Å². The zero-order valence-electron chi connectivity index (χ0n) is 12.9. The summed E-state index contributed by atoms with van der Waals surface area (Å²) in [7, 11) is 0. The lowest BCUT2D eigenvalue weighted by Crippen LogP contribution is -2.43. The van der Waals surface area contributed by atoms with E-state index in [1.807, 2.05) is 6.92 Å². The number of carbonyl (C=O) groups excluding carboxylic acids is 1. The number of amides is 1. The number of ether oxygens (including phenoxy) is 1. The molecule has 0 radical (unpaired) electrons. The van der Waals surface area contributed by atoms with Crippen LogP contribution in [0.2, 0.25) is 0 Å². The second-order valence-corrected chi connectivity index (χ2v) is 5.62. The maximum atomic E-state index is 14.3. The van der Waals surface area contributed by atoms with E-state index in [1.54, 1.807) is 6.07 Å². The van der Waals surface area contributed by atoms with E-state index in [4.69, 9.17) is 4.74 Å². The second kappa shape index (κ2) is 6.45. The number of aromatic amines is 1. The molecular formula is C16H19FN4O2. The van der Waals surface area contributed by atoms with Crippen molar-refractivity contribution in [1.29, 1.82) is 0 Å². The Morgan fingerprint density at radius 1 is 1.43 bits per heavy atom. The lowest BCUT2D eigenvalue weighted by atomic mass is 10.0. The predicted octanol–water partition coefficient (Wildman–Crippen LogP) is 2.90. The van der Waals surface area contributed by atoms with Gasteiger partial charge >= 0.3 is 0 Å². The molecule has 1 fully saturated rings. The maximum absolute atomic E-state index is 14.3. The Morgan fingerprint density at radius 2 is 2.22 bits per heavy atom. The van der Waals surface area contributed by atoms with Gasteiger partial charge in [0, 0.05) is 12.2 Å². The fourth-order valence-corrected chi connectivity index (χ4v) is 3.00. The van der Waals surface area contributed by atoms with Crippen molar-refractivity contribution >= 4 is 11.6 Å². The molecule has 0 spiro atoms. The minimum absolute atomic E-state index is 0.143. The summed E-state index contributed by atoms with van der Waals surface area (Å²) in [4.78, 5) is 16.5. The summed E-state index contributed by atoms with van der Waals surface area (Å²) >= 11 is 0. The molecule has 2 aromatic rings. The van der Waals surface area contributed by atoms with Crippen molar-refractivity contribution < 1.29 is 13.9 Å². The van der Waals surface area contributed by atoms with Crippen LogP contribution in [0.4, 0.5) is 10.1 Å². The van der Waals surface area contributed by atoms with Crippen molar-refractivity contribution in [2.24, 2.45) is 0 Å². The van der Waals surface area contributed by atoms with Crippen LogP contribution in [0.3, 0.4) is 0 Å². The first-order valence-corrected chi connectivity index (χ1v) is 7.75. The first-order chi connectivity index (χ1) is 11.1. The van der Waals surface area contributed by atoms with Gasteiger partial charge in [-0.1, -0.05) is 0 Å². The SMILES string of the molecule is CCOC1(C(=O)Nc2ccc(-c3ncn[nH]3)cc2F)CCCC1. The molecule has 0 unspecified atom stereocenters. The molecule has 1 aromatic carbocycles. The van der Waals surface area contributed by atoms with Gasteiger partial charge in [-0.05, 0) is 50.8 Å². The van der Waals surface area contributed by atoms with Crippen LogP contribution in [0.1, 0.15) is 32.6 Å². The van der Waals surface area contributed by atoms with E-state index >= 15 is 0 Å². The van der Waals surface area contributed by atoms with Crippen LogP contribution >= 0.6 is 0 Å². The molecule has 1 aliphatic rings. The molecule has 1 saturated carbocycles. The van der Waals surface area contributed by atoms with Crippen LogP contribution in [0, 0.1) is 5.82 Å². The van der Waals surface area contributed by atoms with E-state index in [-0.39, 0.29) is 11.6 Å². The van der Waals surface area contributed by atoms with Crippen LogP contribution in [-0.4, -0.2) is 33.3 Å². The normalized spacial score (nSPS) is 16.4. The third kappa shape index (κ3) is 3.10. The zero-order chi connectivity index (χ0) is 16.3. The number of carbonyl (C=O) groups is 1. The van der Waals surface area contributed by atoms with Gasteiger partial charge in [-0.2, -0.15) is 5.10 Å². The van der Waals surface area contributed by atoms with Gasteiger partial charge in [0.15, 0.2) is 5.82 Å². The van der Waals surface area contributed by atoms with E-state index in [0.29, 0.717) is 30.8 Å². The van der Waals surface area contributed by atoms with Crippen molar-refractivity contribution in [3.63, 3.8) is 0 Å². The Kier molecular flexibility index (Phi) is 4.38. The molecule has 3 rings (SSSR count). The molecule has 0 atom stereocenters. The highest BCUT2D eigenvalue weighted by molar-refractivity contribution is 5.97. The number of hydrogen-bond donors (Lipinski definition) is 2. The smallest absolute Gasteiger partial charge is 0.256 e. The number of rotatable bonds is 5. The minimum Gasteiger partial charge on any atom is -0.365 e. The van der Waals surface area contributed by atoms with Gasteiger partial charge in [-0.25, -0.2) is 9.37 Å². The van der Waals surface area contributed by atoms with Crippen LogP contribution in [0.15, 0.2) is 24.5 Å². The van der Waals surface area contributed by atoms with Gasteiger partial charge < -0.3 is 10.1 Å². The number of aromatic nitrogens is 3. The maximum Gasteiger partial charge on any atom is 0.256 e. The number of nitrogens with zero attached hydrogens (tertiary/aromatic N) is 2. The van der Waals surface area contributed by atoms with Crippen LogP contribution in [0.25, 0.3) is 11.4 Å². The van der Waals surface area contributed by atoms with Crippen molar-refractivity contribution in [3.8, 4) is 11.4 Å². The van der Waals surface area contributed by atoms with E-state index in [9.17, 15) is 9.18 Å². The molecule has 0 saturated heterocycles. The highest BCUT2D eigenvalue weighted by atomic mass is 19.1. The number of hydrogen-bond acceptors (Lipinski definition) is 4. The molecule has 2 N–H and O–H groups in total. The summed E-state index contributed by atoms with van der Waals surface area (Å²) < 4.78 is 20.0. The monoisotopic (exact) mass is 318 g/mol. The molecule has 7 heteroatoms. The summed E-state index contributed by atoms with van der Waals surface area (Å²) in [6.45, 7) is 2.32. The fourth-order valence-electron chi connectivity index (χ4n) is 3.00. The lowest BCUT2D eigenvalue weighted by Gasteiger charge is -2.27. The highest BCUT2D eigenvalue weighted by Gasteiger charge is 2.42. The Labute approximate surface area is 133 Å². The molecule has 1 amide bonds. The number of H-pyrrole nitrogens is 1. The molecule has 122 valence electrons. The molecule has 1 aromatic heterocycles. The summed E-state index contributed by atoms with van der Waals surface area (Å²) in [5, 5.41) is 9.07. The van der Waals surface area contributed by atoms with Crippen molar-refractivity contribution in [2.45, 2.75) is 38.2 Å². The van der Waals surface area contributed by atoms with Crippen LogP contribution < -0.4 is 5.32 Å². The highest BCUT2D eigenvalue weighted by Crippen LogP contribution is 2.34. The van der Waals surface area contributed by atoms with Gasteiger partial charge in [0.2, 0.25) is 0 Å². The van der Waals surface area contributed by atoms with Gasteiger partial charge in [0.25, 0.3) is 5.91 Å². The number of anilines is 1. The van der Waals surface area contributed by atoms with Crippen LogP contribution in [-0.2, 0) is 9.53 Å². The Hall–Kier alpha value is -2.28. The number of halogens is 1. The molecular weight excluding hydrogens is 299 g/mol. The van der Waals surface area contributed by atoms with Crippen molar-refractivity contribution in [2.75, 3.05) is 11.9 Å². The van der Waals surface area contributed by atoms with Gasteiger partial charge in [0.1, 0.15) is 17.7 Å². The fraction of sp³-hybridized carbons (Fsp3) is 0.438. The van der Waals surface area contributed by atoms with E-state index < -0.39 is 11.4 Å². The summed E-state index contributed by atoms with van der Waals surface area (Å²) in [6.07, 6.45) is 4.59. The number of nitrogens with one attached hydrogen (secondary N) is 2. The predicted molar refractivity (Wildman–Crippen MR) is 83.2 cm³/mol. The lowest BCUT2D eigenvalue weighted by molar-refractivity contribution is -0.140. The molecule has 1 aliphatic carbocycles. The van der Waals surface area contributed by atoms with Gasteiger partial charge in [0.05, 0.1) is 5.69 Å². The van der Waals surface area contributed by atoms with Crippen LogP contribution in [0.5, 0.6) is 0 Å². The topological polar surface area (TPSA) is 79.9 Å². The Balaban J connectivity index is 1.78. The first kappa shape index (κ1) is 15.6. The zero-order valence-corrected chi connectivity index (χ0v) is 12.9. The molecule has 6 nitrogen and oxygen atoms in total. The molecule has 1 heterocycles. The molecule has 23 heavy (non-hydrogen) atoms. The van der Waals surface area contributed by atoms with Gasteiger partial charge in [-0.15, -0.1) is 0 Å². The quantitative estimate of drug-likeness (QED) is 0.888. The number of benzene rings is 1. The van der Waals surface area contributed by atoms with E-state index in [1.165, 1.54) is 18.5 Å². The summed E-state index contributed by atoms with van der Waals surface area (Å²) in [5.41, 5.74) is -0.118. The largest absolute Gasteiger partial charge is 0.365 e. The first-order valence-electron chi connectivity index (χ1n) is 7.75. The minimum atomic E-state index is -0.829. The second-order valence-electron chi connectivity index (χ2n) is 5.62. The standard InChI is InChI=1S/C16H19FN4O2/c1-2-23-16(7-3-4-8-16)15(22)20-13-6-5-11(9-12(13)17)14-18-10-19-21-14/h5-6,9-10H,2-4,7-8H2,1H3,(H,20,22)(H,18,19,21). The average Bonchev–Trinajstić information content (AvgIpc) is 3.21. The Morgan fingerprint density at radius 3 is 2.83 bits per heavy atom. The Bertz CT molecular complexity index is 681.